The molecule has 100 valence electrons. The first-order valence-corrected chi connectivity index (χ1v) is 7.98. The smallest absolute Gasteiger partial charge is 0.307 e. The Morgan fingerprint density at radius 2 is 2.06 bits per heavy atom. The molecule has 2 rings (SSSR count). The number of hydrogen-bond donors (Lipinski definition) is 2. The fourth-order valence-corrected chi connectivity index (χ4v) is 2.58. The lowest BCUT2D eigenvalue weighted by molar-refractivity contribution is -0.136. The van der Waals surface area contributed by atoms with Gasteiger partial charge >= 0.3 is 5.97 Å². The van der Waals surface area contributed by atoms with E-state index in [4.69, 9.17) is 9.66 Å². The maximum atomic E-state index is 10.5. The molecule has 1 aliphatic rings. The van der Waals surface area contributed by atoms with Crippen molar-refractivity contribution in [3.63, 3.8) is 0 Å². The summed E-state index contributed by atoms with van der Waals surface area (Å²) in [5.74, 6) is 0.372. The van der Waals surface area contributed by atoms with E-state index in [1.165, 1.54) is 10.5 Å². The molecule has 0 unspecified atom stereocenters. The lowest BCUT2D eigenvalue weighted by Gasteiger charge is -2.00. The van der Waals surface area contributed by atoms with Crippen molar-refractivity contribution in [3.8, 4) is 0 Å². The highest BCUT2D eigenvalue weighted by Gasteiger charge is 2.12. The number of fused-ring (bicyclic) bond motifs is 1. The summed E-state index contributed by atoms with van der Waals surface area (Å²) in [6.07, 6.45) is 1.93. The van der Waals surface area contributed by atoms with Crippen molar-refractivity contribution >= 4 is 27.8 Å². The third-order valence-corrected chi connectivity index (χ3v) is 3.23. The van der Waals surface area contributed by atoms with Gasteiger partial charge in [0.2, 0.25) is 0 Å². The SMILES string of the molecule is CS(=O)(=O)O.O=C(O)Cc1ccc2c(c1)CCS2. The van der Waals surface area contributed by atoms with Crippen LogP contribution in [0, 0.1) is 0 Å². The van der Waals surface area contributed by atoms with Crippen LogP contribution in [0.25, 0.3) is 0 Å². The van der Waals surface area contributed by atoms with Gasteiger partial charge < -0.3 is 5.11 Å². The fourth-order valence-electron chi connectivity index (χ4n) is 1.52. The van der Waals surface area contributed by atoms with Crippen molar-refractivity contribution in [1.82, 2.24) is 0 Å². The summed E-state index contributed by atoms with van der Waals surface area (Å²) in [6.45, 7) is 0. The molecule has 1 aliphatic heterocycles. The number of thioether (sulfide) groups is 1. The Morgan fingerprint density at radius 3 is 2.61 bits per heavy atom. The van der Waals surface area contributed by atoms with Crippen LogP contribution < -0.4 is 0 Å². The predicted molar refractivity (Wildman–Crippen MR) is 69.7 cm³/mol. The van der Waals surface area contributed by atoms with Gasteiger partial charge in [-0.15, -0.1) is 11.8 Å². The van der Waals surface area contributed by atoms with E-state index in [0.29, 0.717) is 6.26 Å². The van der Waals surface area contributed by atoms with Gasteiger partial charge in [0.25, 0.3) is 10.1 Å². The first kappa shape index (κ1) is 15.0. The number of carboxylic acids is 1. The molecular formula is C11H14O5S2. The second-order valence-corrected chi connectivity index (χ2v) is 6.45. The minimum Gasteiger partial charge on any atom is -0.481 e. The van der Waals surface area contributed by atoms with Crippen LogP contribution in [0.2, 0.25) is 0 Å². The largest absolute Gasteiger partial charge is 0.481 e. The Hall–Kier alpha value is -1.05. The second-order valence-electron chi connectivity index (χ2n) is 3.84. The molecule has 0 radical (unpaired) electrons. The summed E-state index contributed by atoms with van der Waals surface area (Å²) in [6, 6.07) is 5.96. The molecule has 0 aromatic heterocycles. The molecule has 2 N–H and O–H groups in total. The fraction of sp³-hybridized carbons (Fsp3) is 0.364. The molecule has 1 aromatic carbocycles. The van der Waals surface area contributed by atoms with Crippen molar-refractivity contribution in [1.29, 1.82) is 0 Å². The highest BCUT2D eigenvalue weighted by molar-refractivity contribution is 7.99. The van der Waals surface area contributed by atoms with Gasteiger partial charge in [0.05, 0.1) is 12.7 Å². The van der Waals surface area contributed by atoms with E-state index in [0.717, 1.165) is 17.7 Å². The molecular weight excluding hydrogens is 276 g/mol. The zero-order valence-corrected chi connectivity index (χ0v) is 11.4. The molecule has 0 aliphatic carbocycles. The van der Waals surface area contributed by atoms with Crippen molar-refractivity contribution in [2.75, 3.05) is 12.0 Å². The van der Waals surface area contributed by atoms with Crippen LogP contribution in [0.4, 0.5) is 0 Å². The number of aryl methyl sites for hydroxylation is 1. The van der Waals surface area contributed by atoms with Gasteiger partial charge in [-0.25, -0.2) is 0 Å². The maximum Gasteiger partial charge on any atom is 0.307 e. The summed E-state index contributed by atoms with van der Waals surface area (Å²) >= 11 is 1.85. The Morgan fingerprint density at radius 1 is 1.44 bits per heavy atom. The first-order chi connectivity index (χ1) is 8.25. The van der Waals surface area contributed by atoms with Crippen molar-refractivity contribution in [3.05, 3.63) is 29.3 Å². The molecule has 1 aromatic rings. The maximum absolute atomic E-state index is 10.5. The molecule has 0 spiro atoms. The van der Waals surface area contributed by atoms with E-state index in [9.17, 15) is 13.2 Å². The molecule has 0 saturated heterocycles. The van der Waals surface area contributed by atoms with Gasteiger partial charge in [0.1, 0.15) is 0 Å². The van der Waals surface area contributed by atoms with Gasteiger partial charge in [-0.05, 0) is 23.6 Å². The summed E-state index contributed by atoms with van der Waals surface area (Å²) in [5.41, 5.74) is 2.22. The molecule has 7 heteroatoms. The summed E-state index contributed by atoms with van der Waals surface area (Å²) in [4.78, 5) is 11.8. The Kier molecular flexibility index (Phi) is 5.18. The third kappa shape index (κ3) is 6.04. The van der Waals surface area contributed by atoms with Crippen LogP contribution in [0.3, 0.4) is 0 Å². The lowest BCUT2D eigenvalue weighted by atomic mass is 10.1. The van der Waals surface area contributed by atoms with Gasteiger partial charge in [0.15, 0.2) is 0 Å². The Labute approximate surface area is 110 Å². The third-order valence-electron chi connectivity index (χ3n) is 2.11. The number of aliphatic carboxylic acids is 1. The number of benzene rings is 1. The molecule has 0 saturated carbocycles. The number of rotatable bonds is 2. The van der Waals surface area contributed by atoms with Gasteiger partial charge in [-0.3, -0.25) is 9.35 Å². The highest BCUT2D eigenvalue weighted by atomic mass is 32.2. The van der Waals surface area contributed by atoms with E-state index in [-0.39, 0.29) is 6.42 Å². The predicted octanol–water partition coefficient (Wildman–Crippen LogP) is 1.47. The average Bonchev–Trinajstić information content (AvgIpc) is 2.60. The quantitative estimate of drug-likeness (QED) is 0.801. The Bertz CT molecular complexity index is 528. The van der Waals surface area contributed by atoms with Crippen molar-refractivity contribution in [2.45, 2.75) is 17.7 Å². The van der Waals surface area contributed by atoms with Crippen LogP contribution in [0.15, 0.2) is 23.1 Å². The first-order valence-electron chi connectivity index (χ1n) is 5.14. The van der Waals surface area contributed by atoms with Crippen molar-refractivity contribution in [2.24, 2.45) is 0 Å². The molecule has 0 atom stereocenters. The monoisotopic (exact) mass is 290 g/mol. The minimum absolute atomic E-state index is 0.137. The topological polar surface area (TPSA) is 91.7 Å². The molecule has 5 nitrogen and oxygen atoms in total. The number of hydrogen-bond acceptors (Lipinski definition) is 4. The van der Waals surface area contributed by atoms with Crippen LogP contribution in [-0.2, 0) is 27.8 Å². The molecule has 0 amide bonds. The summed E-state index contributed by atoms with van der Waals surface area (Å²) < 4.78 is 25.9. The van der Waals surface area contributed by atoms with E-state index >= 15 is 0 Å². The van der Waals surface area contributed by atoms with Crippen LogP contribution in [-0.4, -0.2) is 36.1 Å². The van der Waals surface area contributed by atoms with E-state index in [2.05, 4.69) is 0 Å². The normalized spacial score (nSPS) is 13.4. The van der Waals surface area contributed by atoms with Crippen LogP contribution in [0.1, 0.15) is 11.1 Å². The van der Waals surface area contributed by atoms with Crippen LogP contribution in [0.5, 0.6) is 0 Å². The standard InChI is InChI=1S/C10H10O2S.CH4O3S/c11-10(12)6-7-1-2-9-8(5-7)3-4-13-9;1-5(2,3)4/h1-2,5H,3-4,6H2,(H,11,12);1H3,(H,2,3,4). The van der Waals surface area contributed by atoms with Gasteiger partial charge in [-0.2, -0.15) is 8.42 Å². The zero-order chi connectivity index (χ0) is 13.8. The van der Waals surface area contributed by atoms with Crippen molar-refractivity contribution < 1.29 is 22.9 Å². The van der Waals surface area contributed by atoms with Crippen LogP contribution >= 0.6 is 11.8 Å². The van der Waals surface area contributed by atoms with Gasteiger partial charge in [-0.1, -0.05) is 12.1 Å². The lowest BCUT2D eigenvalue weighted by Crippen LogP contribution is -2.00. The number of carboxylic acid groups (broad SMARTS) is 1. The zero-order valence-electron chi connectivity index (χ0n) is 9.79. The van der Waals surface area contributed by atoms with E-state index < -0.39 is 16.1 Å². The minimum atomic E-state index is -3.67. The van der Waals surface area contributed by atoms with E-state index in [1.54, 1.807) is 0 Å². The molecule has 0 bridgehead atoms. The molecule has 1 heterocycles. The summed E-state index contributed by atoms with van der Waals surface area (Å²) in [7, 11) is -3.67. The second kappa shape index (κ2) is 6.21. The van der Waals surface area contributed by atoms with E-state index in [1.807, 2.05) is 30.0 Å². The molecule has 18 heavy (non-hydrogen) atoms. The summed E-state index contributed by atoms with van der Waals surface area (Å²) in [5, 5.41) is 8.61. The highest BCUT2D eigenvalue weighted by Crippen LogP contribution is 2.31. The number of carbonyl (C=O) groups is 1. The van der Waals surface area contributed by atoms with Gasteiger partial charge in [0, 0.05) is 10.6 Å². The Balaban J connectivity index is 0.000000280. The average molecular weight is 290 g/mol. The molecule has 0 fully saturated rings.